The van der Waals surface area contributed by atoms with E-state index in [1.54, 1.807) is 45.0 Å². The Labute approximate surface area is 199 Å². The molecule has 2 heterocycles. The number of rotatable bonds is 9. The van der Waals surface area contributed by atoms with Crippen LogP contribution in [0.2, 0.25) is 0 Å². The number of nitrogens with zero attached hydrogens (tertiary/aromatic N) is 6. The molecule has 0 radical (unpaired) electrons. The van der Waals surface area contributed by atoms with Gasteiger partial charge in [0.1, 0.15) is 17.3 Å². The van der Waals surface area contributed by atoms with E-state index in [1.165, 1.54) is 24.8 Å². The highest BCUT2D eigenvalue weighted by Gasteiger charge is 2.14. The molecule has 8 nitrogen and oxygen atoms in total. The van der Waals surface area contributed by atoms with Crippen LogP contribution in [0.15, 0.2) is 53.8 Å². The largest absolute Gasteiger partial charge is 0.350 e. The lowest BCUT2D eigenvalue weighted by atomic mass is 10.3. The lowest BCUT2D eigenvalue weighted by Gasteiger charge is -2.20. The Bertz CT molecular complexity index is 1050. The van der Waals surface area contributed by atoms with Gasteiger partial charge in [-0.3, -0.25) is 9.79 Å². The van der Waals surface area contributed by atoms with Crippen LogP contribution in [0, 0.1) is 5.82 Å². The van der Waals surface area contributed by atoms with Gasteiger partial charge in [-0.2, -0.15) is 0 Å². The predicted molar refractivity (Wildman–Crippen MR) is 133 cm³/mol. The molecule has 2 aromatic rings. The number of halogens is 2. The molecule has 0 bridgehead atoms. The van der Waals surface area contributed by atoms with Crippen LogP contribution in [0.3, 0.4) is 0 Å². The Morgan fingerprint density at radius 1 is 1.15 bits per heavy atom. The van der Waals surface area contributed by atoms with E-state index >= 15 is 0 Å². The summed E-state index contributed by atoms with van der Waals surface area (Å²) in [5, 5.41) is 2.56. The van der Waals surface area contributed by atoms with Crippen molar-refractivity contribution in [2.75, 3.05) is 17.3 Å². The van der Waals surface area contributed by atoms with Crippen LogP contribution < -0.4 is 10.2 Å². The highest BCUT2D eigenvalue weighted by atomic mass is 19.1. The minimum atomic E-state index is -0.529. The van der Waals surface area contributed by atoms with Gasteiger partial charge in [0.25, 0.3) is 0 Å². The highest BCUT2D eigenvalue weighted by Crippen LogP contribution is 2.24. The zero-order valence-electron chi connectivity index (χ0n) is 20.4. The third kappa shape index (κ3) is 9.76. The summed E-state index contributed by atoms with van der Waals surface area (Å²) in [7, 11) is 1.73. The van der Waals surface area contributed by atoms with Crippen molar-refractivity contribution in [2.24, 2.45) is 4.99 Å². The molecular formula is C24H31F2N7O. The van der Waals surface area contributed by atoms with Crippen LogP contribution in [-0.2, 0) is 11.3 Å². The van der Waals surface area contributed by atoms with Gasteiger partial charge in [-0.1, -0.05) is 26.3 Å². The maximum atomic E-state index is 13.2. The Morgan fingerprint density at radius 3 is 2.38 bits per heavy atom. The maximum Gasteiger partial charge on any atom is 0.211 e. The van der Waals surface area contributed by atoms with Crippen LogP contribution in [0.1, 0.15) is 52.7 Å². The molecule has 0 aromatic carbocycles. The number of nitrogens with one attached hydrogen (secondary N) is 1. The summed E-state index contributed by atoms with van der Waals surface area (Å²) in [6, 6.07) is 0. The fraction of sp³-hybridized carbons (Fsp3) is 0.333. The molecular weight excluding hydrogens is 440 g/mol. The molecule has 2 aromatic heterocycles. The minimum Gasteiger partial charge on any atom is -0.350 e. The topological polar surface area (TPSA) is 96.3 Å². The SMILES string of the molecule is CCC.C\C=C(F)/C=C\C(C)=N\C=C(/C)c1ncc(NC=O)c(N(C)Cc2ncc(F)cn2)n1. The standard InChI is InChI=1S/C21H23F2N7O.C3H8/c1-5-16(22)7-6-15(3)24-8-14(2)20-27-11-18(28-13-31)21(29-20)30(4)12-19-25-9-17(23)10-26-19;1-3-2/h5-11,13H,12H2,1-4H3,(H,28,31);3H2,1-2H3/b7-6-,14-8+,16-5+,24-15+;. The van der Waals surface area contributed by atoms with Gasteiger partial charge in [0.05, 0.1) is 25.1 Å². The molecule has 182 valence electrons. The van der Waals surface area contributed by atoms with Gasteiger partial charge in [0, 0.05) is 24.5 Å². The molecule has 1 amide bonds. The van der Waals surface area contributed by atoms with Gasteiger partial charge in [-0.05, 0) is 32.9 Å². The zero-order valence-corrected chi connectivity index (χ0v) is 20.4. The molecule has 1 N–H and O–H groups in total. The molecule has 0 spiro atoms. The molecule has 0 saturated heterocycles. The summed E-state index contributed by atoms with van der Waals surface area (Å²) in [5.41, 5.74) is 1.64. The third-order valence-electron chi connectivity index (χ3n) is 3.97. The fourth-order valence-corrected chi connectivity index (χ4v) is 2.32. The number of allylic oxidation sites excluding steroid dienone is 5. The number of aromatic nitrogens is 4. The van der Waals surface area contributed by atoms with Gasteiger partial charge < -0.3 is 10.2 Å². The molecule has 0 aliphatic rings. The number of hydrogen-bond acceptors (Lipinski definition) is 7. The first-order valence-corrected chi connectivity index (χ1v) is 10.7. The first kappa shape index (κ1) is 28.2. The van der Waals surface area contributed by atoms with Crippen molar-refractivity contribution >= 4 is 29.2 Å². The maximum absolute atomic E-state index is 13.2. The van der Waals surface area contributed by atoms with Gasteiger partial charge in [-0.15, -0.1) is 0 Å². The van der Waals surface area contributed by atoms with Crippen LogP contribution in [-0.4, -0.2) is 39.1 Å². The van der Waals surface area contributed by atoms with E-state index in [2.05, 4.69) is 44.1 Å². The molecule has 0 atom stereocenters. The van der Waals surface area contributed by atoms with E-state index in [4.69, 9.17) is 0 Å². The Morgan fingerprint density at radius 2 is 1.79 bits per heavy atom. The van der Waals surface area contributed by atoms with Gasteiger partial charge in [0.2, 0.25) is 6.41 Å². The number of carbonyl (C=O) groups excluding carboxylic acids is 1. The van der Waals surface area contributed by atoms with E-state index in [0.29, 0.717) is 40.8 Å². The first-order valence-electron chi connectivity index (χ1n) is 10.7. The third-order valence-corrected chi connectivity index (χ3v) is 3.97. The van der Waals surface area contributed by atoms with Crippen molar-refractivity contribution in [3.63, 3.8) is 0 Å². The van der Waals surface area contributed by atoms with Gasteiger partial charge in [0.15, 0.2) is 17.5 Å². The molecule has 2 rings (SSSR count). The Balaban J connectivity index is 0.00000182. The number of anilines is 2. The van der Waals surface area contributed by atoms with Gasteiger partial charge in [-0.25, -0.2) is 28.7 Å². The molecule has 0 unspecified atom stereocenters. The summed E-state index contributed by atoms with van der Waals surface area (Å²) in [4.78, 5) is 33.6. The van der Waals surface area contributed by atoms with E-state index in [1.807, 2.05) is 0 Å². The molecule has 34 heavy (non-hydrogen) atoms. The van der Waals surface area contributed by atoms with Crippen molar-refractivity contribution in [3.05, 3.63) is 66.3 Å². The Kier molecular flexibility index (Phi) is 12.5. The number of aliphatic imine (C=N–C) groups is 1. The second-order valence-electron chi connectivity index (χ2n) is 7.16. The summed E-state index contributed by atoms with van der Waals surface area (Å²) in [6.45, 7) is 9.60. The number of amides is 1. The van der Waals surface area contributed by atoms with Crippen LogP contribution in [0.25, 0.3) is 5.57 Å². The quantitative estimate of drug-likeness (QED) is 0.304. The van der Waals surface area contributed by atoms with E-state index < -0.39 is 5.82 Å². The zero-order chi connectivity index (χ0) is 25.5. The van der Waals surface area contributed by atoms with Crippen LogP contribution in [0.4, 0.5) is 20.3 Å². The molecule has 0 aliphatic carbocycles. The summed E-state index contributed by atoms with van der Waals surface area (Å²) < 4.78 is 26.2. The monoisotopic (exact) mass is 471 g/mol. The summed E-state index contributed by atoms with van der Waals surface area (Å²) >= 11 is 0. The van der Waals surface area contributed by atoms with Crippen molar-refractivity contribution in [3.8, 4) is 0 Å². The average molecular weight is 472 g/mol. The predicted octanol–water partition coefficient (Wildman–Crippen LogP) is 5.28. The van der Waals surface area contributed by atoms with E-state index in [-0.39, 0.29) is 12.4 Å². The van der Waals surface area contributed by atoms with Gasteiger partial charge >= 0.3 is 0 Å². The summed E-state index contributed by atoms with van der Waals surface area (Å²) in [5.74, 6) is 0.314. The average Bonchev–Trinajstić information content (AvgIpc) is 2.83. The van der Waals surface area contributed by atoms with E-state index in [0.717, 1.165) is 12.4 Å². The first-order chi connectivity index (χ1) is 16.2. The Hall–Kier alpha value is -3.82. The summed E-state index contributed by atoms with van der Waals surface area (Å²) in [6.07, 6.45) is 11.2. The number of carbonyl (C=O) groups is 1. The second kappa shape index (κ2) is 15.1. The van der Waals surface area contributed by atoms with Crippen LogP contribution in [0.5, 0.6) is 0 Å². The lowest BCUT2D eigenvalue weighted by molar-refractivity contribution is -0.105. The van der Waals surface area contributed by atoms with Crippen molar-refractivity contribution in [1.82, 2.24) is 19.9 Å². The molecule has 0 fully saturated rings. The molecule has 0 aliphatic heterocycles. The molecule has 0 saturated carbocycles. The van der Waals surface area contributed by atoms with Crippen molar-refractivity contribution in [2.45, 2.75) is 47.6 Å². The van der Waals surface area contributed by atoms with Crippen LogP contribution >= 0.6 is 0 Å². The van der Waals surface area contributed by atoms with Crippen molar-refractivity contribution < 1.29 is 13.6 Å². The number of hydrogen-bond donors (Lipinski definition) is 1. The smallest absolute Gasteiger partial charge is 0.211 e. The highest BCUT2D eigenvalue weighted by molar-refractivity contribution is 5.93. The van der Waals surface area contributed by atoms with Crippen molar-refractivity contribution in [1.29, 1.82) is 0 Å². The fourth-order valence-electron chi connectivity index (χ4n) is 2.32. The normalized spacial score (nSPS) is 12.3. The minimum absolute atomic E-state index is 0.228. The second-order valence-corrected chi connectivity index (χ2v) is 7.16. The van der Waals surface area contributed by atoms with E-state index in [9.17, 15) is 13.6 Å². The lowest BCUT2D eigenvalue weighted by Crippen LogP contribution is -2.21. The molecule has 10 heteroatoms.